The van der Waals surface area contributed by atoms with E-state index in [2.05, 4.69) is 30.6 Å². The second-order valence-corrected chi connectivity index (χ2v) is 25.0. The molecule has 0 bridgehead atoms. The average Bonchev–Trinajstić information content (AvgIpc) is 0.813. The van der Waals surface area contributed by atoms with Gasteiger partial charge in [0.2, 0.25) is 29.6 Å². The van der Waals surface area contributed by atoms with Crippen molar-refractivity contribution in [2.75, 3.05) is 37.5 Å². The number of anilines is 2. The number of amides is 5. The van der Waals surface area contributed by atoms with E-state index in [1.807, 2.05) is 10.6 Å². The molecule has 2 heterocycles. The fourth-order valence-electron chi connectivity index (χ4n) is 10.5. The number of hydrogen-bond donors (Lipinski definition) is 29. The van der Waals surface area contributed by atoms with E-state index in [1.54, 1.807) is 10.6 Å². The Hall–Kier alpha value is -10.2. The first-order chi connectivity index (χ1) is 50.9. The van der Waals surface area contributed by atoms with Gasteiger partial charge in [-0.1, -0.05) is 0 Å². The van der Waals surface area contributed by atoms with Crippen LogP contribution in [-0.2, 0) is 68.9 Å². The molecule has 0 unspecified atom stereocenters. The summed E-state index contributed by atoms with van der Waals surface area (Å²) >= 11 is 0. The minimum Gasteiger partial charge on any atom is -0.481 e. The van der Waals surface area contributed by atoms with Crippen LogP contribution in [0.1, 0.15) is 80.8 Å². The van der Waals surface area contributed by atoms with E-state index in [-0.39, 0.29) is 34.9 Å². The van der Waals surface area contributed by atoms with Gasteiger partial charge in [0, 0.05) is 43.4 Å². The van der Waals surface area contributed by atoms with Crippen molar-refractivity contribution >= 4 is 105 Å². The van der Waals surface area contributed by atoms with E-state index < -0.39 is 299 Å². The number of aliphatic carboxylic acids is 5. The van der Waals surface area contributed by atoms with E-state index in [1.165, 1.54) is 30.5 Å². The summed E-state index contributed by atoms with van der Waals surface area (Å²) in [4.78, 5) is 213. The average molecular weight is 1560 g/mol. The number of carbonyl (C=O) groups excluding carboxylic acids is 9. The van der Waals surface area contributed by atoms with Gasteiger partial charge in [0.1, 0.15) is 66.7 Å². The van der Waals surface area contributed by atoms with Gasteiger partial charge in [0.15, 0.2) is 28.5 Å². The molecule has 0 spiro atoms. The molecule has 2 aromatic heterocycles. The van der Waals surface area contributed by atoms with Crippen LogP contribution in [0.5, 0.6) is 0 Å². The highest BCUT2D eigenvalue weighted by Crippen LogP contribution is 2.26. The molecular weight excluding hydrogens is 1470 g/mol. The monoisotopic (exact) mass is 1560 g/mol. The van der Waals surface area contributed by atoms with Gasteiger partial charge in [-0.05, 0) is 37.6 Å². The SMILES string of the molecule is C[C@@H](NC(=O)[C@@H](CC(=O)[C@@H](CC(=O)O)NC(=O)[C@@H](CC(=O)[C@@H](CC(=O)O)NC(=O)[C@@H](CC(=O)[C@H](CC(=O)O)NC(=O)[C@@H](CC(=O)CC[C@H](NC(=O)c1ccc(NCc2cnc3nc(N)[nH]c(=O)c3n2)cc1)C(=O)O)[C@@H](O)[C@H](O)[C@H](O)CO)[C@@H](O)[C@H](O)[C@H](O)CO)[C@@H](O)[C@H](O)[C@H](O)CO)[C@@H](O)[C@H](O)[C@H](O)CO)C(=O)O. The molecule has 3 aromatic rings. The maximum Gasteiger partial charge on any atom is 0.326 e. The number of carboxylic acids is 5. The molecule has 3 rings (SSSR count). The number of carboxylic acid groups (broad SMARTS) is 5. The predicted octanol–water partition coefficient (Wildman–Crippen LogP) is -13.1. The van der Waals surface area contributed by atoms with Crippen molar-refractivity contribution in [2.45, 2.75) is 175 Å². The van der Waals surface area contributed by atoms with Crippen molar-refractivity contribution in [3.8, 4) is 0 Å². The highest BCUT2D eigenvalue weighted by atomic mass is 16.4. The first-order valence-electron chi connectivity index (χ1n) is 32.6. The topological polar surface area (TPSA) is 834 Å². The Labute approximate surface area is 612 Å². The molecule has 5 amide bonds. The molecule has 0 aliphatic heterocycles. The molecule has 0 aliphatic carbocycles. The van der Waals surface area contributed by atoms with E-state index in [0.717, 1.165) is 6.92 Å². The van der Waals surface area contributed by atoms with E-state index >= 15 is 0 Å². The third kappa shape index (κ3) is 28.1. The molecule has 47 heteroatoms. The zero-order valence-electron chi connectivity index (χ0n) is 57.3. The van der Waals surface area contributed by atoms with E-state index in [9.17, 15) is 179 Å². The Morgan fingerprint density at radius 3 is 1.15 bits per heavy atom. The Kier molecular flexibility index (Phi) is 37.3. The van der Waals surface area contributed by atoms with Crippen molar-refractivity contribution in [3.63, 3.8) is 0 Å². The zero-order chi connectivity index (χ0) is 82.8. The fourth-order valence-corrected chi connectivity index (χ4v) is 10.5. The molecule has 109 heavy (non-hydrogen) atoms. The zero-order valence-corrected chi connectivity index (χ0v) is 57.3. The van der Waals surface area contributed by atoms with Gasteiger partial charge in [-0.2, -0.15) is 4.98 Å². The molecule has 1 aromatic carbocycles. The number of nitrogen functional groups attached to an aromatic ring is 1. The van der Waals surface area contributed by atoms with Crippen LogP contribution < -0.4 is 43.2 Å². The number of nitrogens with one attached hydrogen (secondary N) is 7. The number of hydrogen-bond acceptors (Lipinski definition) is 36. The van der Waals surface area contributed by atoms with Gasteiger partial charge < -0.3 is 145 Å². The van der Waals surface area contributed by atoms with Crippen molar-refractivity contribution in [1.29, 1.82) is 0 Å². The number of nitrogens with two attached hydrogens (primary N) is 1. The second kappa shape index (κ2) is 43.7. The number of fused-ring (bicyclic) bond motifs is 1. The molecule has 0 radical (unpaired) electrons. The normalized spacial score (nSPS) is 17.4. The molecule has 0 aliphatic rings. The van der Waals surface area contributed by atoms with Crippen LogP contribution in [0.4, 0.5) is 11.6 Å². The summed E-state index contributed by atoms with van der Waals surface area (Å²) in [6.45, 7) is -4.70. The number of ketones is 4. The second-order valence-electron chi connectivity index (χ2n) is 25.0. The van der Waals surface area contributed by atoms with E-state index in [4.69, 9.17) is 5.73 Å². The number of aliphatic hydroxyl groups excluding tert-OH is 16. The van der Waals surface area contributed by atoms with Crippen LogP contribution in [0.25, 0.3) is 11.2 Å². The quantitative estimate of drug-likeness (QED) is 0.0250. The summed E-state index contributed by atoms with van der Waals surface area (Å²) in [5, 5.41) is 228. The summed E-state index contributed by atoms with van der Waals surface area (Å²) in [5.74, 6) is -34.8. The summed E-state index contributed by atoms with van der Waals surface area (Å²) in [7, 11) is 0. The first-order valence-corrected chi connectivity index (χ1v) is 32.6. The lowest BCUT2D eigenvalue weighted by Crippen LogP contribution is -2.56. The number of benzene rings is 1. The minimum absolute atomic E-state index is 0.00634. The molecule has 47 nitrogen and oxygen atoms in total. The molecule has 0 fully saturated rings. The van der Waals surface area contributed by atoms with Crippen LogP contribution in [0.3, 0.4) is 0 Å². The molecule has 21 atom stereocenters. The maximum absolute atomic E-state index is 14.4. The van der Waals surface area contributed by atoms with Gasteiger partial charge >= 0.3 is 29.8 Å². The Morgan fingerprint density at radius 1 is 0.450 bits per heavy atom. The molecular formula is C62H87N11O36. The van der Waals surface area contributed by atoms with Crippen LogP contribution in [0.2, 0.25) is 0 Å². The Balaban J connectivity index is 2.00. The standard InChI is InChI=1S/C62H87N11O36/c1-21(60(106)107)66-55(101)27(46(93)50(97)38(83)18-75)9-34(79)32(13-42(88)89)70-57(103)29(48(95)52(99)40(85)20-77)11-36(81)33(14-43(90)91)71-58(104)28(47(94)51(98)39(84)19-76)10-35(80)31(12-41(86)87)69-56(102)26(45(92)49(96)37(82)17-74)8-25(78)6-7-30(61(108)109)68-54(100)22-2-4-23(5-3-22)64-15-24-16-65-53-44(67-24)59(105)73-62(63)72-53/h2-5,16,21,26-33,37-40,45-52,64,74-77,82-85,92-99H,6-15,17-20H2,1H3,(H,66,101)(H,68,100)(H,69,102)(H,70,103)(H,71,104)(H,86,87)(H,88,89)(H,90,91)(H,106,107)(H,108,109)(H3,63,65,72,73,105)/t21-,26+,27+,28+,29+,30+,31+,32-,33-,37-,38-,39-,40-,45-,46-,47-,48-,49-,50-,51-,52-/m1/s1. The minimum atomic E-state index is -2.92. The van der Waals surface area contributed by atoms with Gasteiger partial charge in [-0.15, -0.1) is 0 Å². The van der Waals surface area contributed by atoms with Crippen molar-refractivity contribution in [3.05, 3.63) is 52.1 Å². The number of rotatable bonds is 51. The van der Waals surface area contributed by atoms with Crippen LogP contribution >= 0.6 is 0 Å². The number of Topliss-reactive ketones (excluding diaryl/α,β-unsaturated/α-hetero) is 4. The largest absolute Gasteiger partial charge is 0.481 e. The summed E-state index contributed by atoms with van der Waals surface area (Å²) in [6.07, 6.45) is -42.8. The summed E-state index contributed by atoms with van der Waals surface area (Å²) < 4.78 is 0. The number of nitrogens with zero attached hydrogens (tertiary/aromatic N) is 3. The third-order valence-electron chi connectivity index (χ3n) is 16.8. The van der Waals surface area contributed by atoms with Gasteiger partial charge in [0.25, 0.3) is 11.5 Å². The van der Waals surface area contributed by atoms with Gasteiger partial charge in [-0.3, -0.25) is 72.1 Å². The Bertz CT molecular complexity index is 3760. The molecule has 606 valence electrons. The fraction of sp³-hybridized carbons (Fsp3) is 0.581. The van der Waals surface area contributed by atoms with Crippen LogP contribution in [-0.4, -0.2) is 340 Å². The van der Waals surface area contributed by atoms with Gasteiger partial charge in [-0.25, -0.2) is 14.8 Å². The third-order valence-corrected chi connectivity index (χ3v) is 16.8. The Morgan fingerprint density at radius 2 is 0.807 bits per heavy atom. The van der Waals surface area contributed by atoms with E-state index in [0.29, 0.717) is 5.69 Å². The number of aromatic amines is 1. The summed E-state index contributed by atoms with van der Waals surface area (Å²) in [5.41, 5.74) is 5.26. The lowest BCUT2D eigenvalue weighted by atomic mass is 9.85. The number of aliphatic hydroxyl groups is 16. The van der Waals surface area contributed by atoms with Crippen LogP contribution in [0, 0.1) is 23.7 Å². The highest BCUT2D eigenvalue weighted by molar-refractivity contribution is 6.01. The first kappa shape index (κ1) is 93.0. The molecule has 0 saturated heterocycles. The van der Waals surface area contributed by atoms with Gasteiger partial charge in [0.05, 0.1) is 130 Å². The number of aromatic nitrogens is 4. The molecule has 30 N–H and O–H groups in total. The van der Waals surface area contributed by atoms with Crippen LogP contribution in [0.15, 0.2) is 35.3 Å². The number of carbonyl (C=O) groups is 14. The summed E-state index contributed by atoms with van der Waals surface area (Å²) in [6, 6.07) is -6.22. The van der Waals surface area contributed by atoms with Crippen molar-refractivity contribution in [2.24, 2.45) is 23.7 Å². The lowest BCUT2D eigenvalue weighted by molar-refractivity contribution is -0.150. The molecule has 0 saturated carbocycles. The highest BCUT2D eigenvalue weighted by Gasteiger charge is 2.46. The maximum atomic E-state index is 14.4. The lowest BCUT2D eigenvalue weighted by Gasteiger charge is -2.32. The number of H-pyrrole nitrogens is 1. The van der Waals surface area contributed by atoms with Crippen molar-refractivity contribution < 1.29 is 174 Å². The smallest absolute Gasteiger partial charge is 0.326 e. The van der Waals surface area contributed by atoms with Crippen molar-refractivity contribution in [1.82, 2.24) is 46.5 Å². The predicted molar refractivity (Wildman–Crippen MR) is 355 cm³/mol.